The Morgan fingerprint density at radius 1 is 0.450 bits per heavy atom. The molecule has 0 nitrogen and oxygen atoms in total. The SMILES string of the molecule is Brc1ccc2c(c1)C1(c3cc(Br)ccc3-c3ccccc3-2)c2ccccc2-c2ccc3c(sc4ccccc43)c21. The average Bonchev–Trinajstić information content (AvgIpc) is 3.48. The maximum Gasteiger partial charge on any atom is 0.0740 e. The van der Waals surface area contributed by atoms with Crippen molar-refractivity contribution in [3.8, 4) is 33.4 Å². The molecule has 3 heteroatoms. The fraction of sp³-hybridized carbons (Fsp3) is 0.0270. The van der Waals surface area contributed by atoms with E-state index >= 15 is 0 Å². The Kier molecular flexibility index (Phi) is 4.80. The van der Waals surface area contributed by atoms with Crippen LogP contribution in [0.1, 0.15) is 22.3 Å². The van der Waals surface area contributed by atoms with Gasteiger partial charge in [0.25, 0.3) is 0 Å². The largest absolute Gasteiger partial charge is 0.135 e. The van der Waals surface area contributed by atoms with E-state index in [1.807, 2.05) is 11.3 Å². The van der Waals surface area contributed by atoms with Crippen molar-refractivity contribution >= 4 is 63.4 Å². The van der Waals surface area contributed by atoms with Crippen LogP contribution >= 0.6 is 43.2 Å². The fourth-order valence-corrected chi connectivity index (χ4v) is 9.38. The van der Waals surface area contributed by atoms with E-state index in [0.29, 0.717) is 0 Å². The van der Waals surface area contributed by atoms with Gasteiger partial charge in [-0.2, -0.15) is 0 Å². The van der Waals surface area contributed by atoms with Gasteiger partial charge in [0, 0.05) is 29.1 Å². The van der Waals surface area contributed by atoms with Gasteiger partial charge in [0.1, 0.15) is 0 Å². The molecule has 1 heterocycles. The molecule has 0 saturated heterocycles. The number of benzene rings is 6. The van der Waals surface area contributed by atoms with Crippen LogP contribution in [0.15, 0.2) is 130 Å². The zero-order chi connectivity index (χ0) is 26.6. The molecule has 0 amide bonds. The van der Waals surface area contributed by atoms with Crippen molar-refractivity contribution in [1.29, 1.82) is 0 Å². The molecular weight excluding hydrogens is 636 g/mol. The maximum absolute atomic E-state index is 3.89. The fourth-order valence-electron chi connectivity index (χ4n) is 7.35. The van der Waals surface area contributed by atoms with E-state index in [0.717, 1.165) is 8.95 Å². The Morgan fingerprint density at radius 2 is 1.00 bits per heavy atom. The summed E-state index contributed by atoms with van der Waals surface area (Å²) in [4.78, 5) is 0. The lowest BCUT2D eigenvalue weighted by Crippen LogP contribution is -2.29. The third-order valence-corrected chi connectivity index (χ3v) is 11.0. The van der Waals surface area contributed by atoms with E-state index in [1.165, 1.54) is 75.8 Å². The van der Waals surface area contributed by atoms with E-state index in [9.17, 15) is 0 Å². The number of fused-ring (bicyclic) bond motifs is 16. The van der Waals surface area contributed by atoms with Crippen LogP contribution in [0.25, 0.3) is 53.6 Å². The van der Waals surface area contributed by atoms with Crippen LogP contribution in [0.2, 0.25) is 0 Å². The van der Waals surface area contributed by atoms with Crippen molar-refractivity contribution in [3.63, 3.8) is 0 Å². The second-order valence-corrected chi connectivity index (χ2v) is 13.6. The highest BCUT2D eigenvalue weighted by molar-refractivity contribution is 9.10. The van der Waals surface area contributed by atoms with Crippen LogP contribution in [0.4, 0.5) is 0 Å². The molecular formula is C37H20Br2S. The van der Waals surface area contributed by atoms with Crippen LogP contribution in [0, 0.1) is 0 Å². The summed E-state index contributed by atoms with van der Waals surface area (Å²) in [6.07, 6.45) is 0. The molecule has 188 valence electrons. The first kappa shape index (κ1) is 23.2. The maximum atomic E-state index is 3.89. The highest BCUT2D eigenvalue weighted by atomic mass is 79.9. The number of hydrogen-bond donors (Lipinski definition) is 0. The third-order valence-electron chi connectivity index (χ3n) is 8.82. The predicted octanol–water partition coefficient (Wildman–Crippen LogP) is 11.6. The monoisotopic (exact) mass is 654 g/mol. The minimum atomic E-state index is -0.496. The van der Waals surface area contributed by atoms with Crippen LogP contribution < -0.4 is 0 Å². The molecule has 0 radical (unpaired) electrons. The first-order chi connectivity index (χ1) is 19.7. The minimum Gasteiger partial charge on any atom is -0.135 e. The third kappa shape index (κ3) is 2.85. The number of rotatable bonds is 0. The van der Waals surface area contributed by atoms with Crippen molar-refractivity contribution in [1.82, 2.24) is 0 Å². The van der Waals surface area contributed by atoms with Gasteiger partial charge < -0.3 is 0 Å². The van der Waals surface area contributed by atoms with Gasteiger partial charge >= 0.3 is 0 Å². The van der Waals surface area contributed by atoms with Gasteiger partial charge in [-0.25, -0.2) is 0 Å². The van der Waals surface area contributed by atoms with Gasteiger partial charge in [0.15, 0.2) is 0 Å². The summed E-state index contributed by atoms with van der Waals surface area (Å²) in [5.74, 6) is 0. The molecule has 0 fully saturated rings. The molecule has 7 aromatic rings. The molecule has 2 aliphatic rings. The van der Waals surface area contributed by atoms with Crippen molar-refractivity contribution in [2.75, 3.05) is 0 Å². The normalized spacial score (nSPS) is 13.9. The first-order valence-electron chi connectivity index (χ1n) is 13.4. The van der Waals surface area contributed by atoms with Gasteiger partial charge in [-0.15, -0.1) is 11.3 Å². The summed E-state index contributed by atoms with van der Waals surface area (Å²) in [5, 5.41) is 2.67. The second-order valence-electron chi connectivity index (χ2n) is 10.7. The quantitative estimate of drug-likeness (QED) is 0.152. The first-order valence-corrected chi connectivity index (χ1v) is 15.8. The summed E-state index contributed by atoms with van der Waals surface area (Å²) >= 11 is 9.71. The molecule has 0 atom stereocenters. The zero-order valence-electron chi connectivity index (χ0n) is 21.2. The van der Waals surface area contributed by atoms with Crippen LogP contribution in [-0.2, 0) is 5.41 Å². The highest BCUT2D eigenvalue weighted by Crippen LogP contribution is 2.64. The molecule has 0 N–H and O–H groups in total. The number of hydrogen-bond acceptors (Lipinski definition) is 1. The summed E-state index contributed by atoms with van der Waals surface area (Å²) in [6, 6.07) is 45.3. The molecule has 1 aromatic heterocycles. The lowest BCUT2D eigenvalue weighted by Gasteiger charge is -2.36. The molecule has 6 aromatic carbocycles. The molecule has 0 unspecified atom stereocenters. The summed E-state index contributed by atoms with van der Waals surface area (Å²) in [7, 11) is 0. The molecule has 0 aliphatic heterocycles. The van der Waals surface area contributed by atoms with Crippen molar-refractivity contribution in [3.05, 3.63) is 153 Å². The van der Waals surface area contributed by atoms with Gasteiger partial charge in [0.2, 0.25) is 0 Å². The van der Waals surface area contributed by atoms with E-state index < -0.39 is 5.41 Å². The van der Waals surface area contributed by atoms with Crippen LogP contribution in [-0.4, -0.2) is 0 Å². The summed E-state index contributed by atoms with van der Waals surface area (Å²) < 4.78 is 4.89. The molecule has 40 heavy (non-hydrogen) atoms. The van der Waals surface area contributed by atoms with Crippen LogP contribution in [0.3, 0.4) is 0 Å². The smallest absolute Gasteiger partial charge is 0.0740 e. The molecule has 1 spiro atoms. The van der Waals surface area contributed by atoms with Gasteiger partial charge in [-0.1, -0.05) is 123 Å². The van der Waals surface area contributed by atoms with Crippen molar-refractivity contribution in [2.45, 2.75) is 5.41 Å². The zero-order valence-corrected chi connectivity index (χ0v) is 25.2. The lowest BCUT2D eigenvalue weighted by atomic mass is 9.66. The molecule has 0 bridgehead atoms. The standard InChI is InChI=1S/C37H20Br2S/c38-21-13-15-26-23-7-1-2-8-24(23)27-16-14-22(39)20-33(27)37(32(26)19-21)31-11-5-3-9-25(31)29-17-18-30-28-10-4-6-12-34(28)40-36(30)35(29)37/h1-20H. The Labute approximate surface area is 253 Å². The minimum absolute atomic E-state index is 0.496. The van der Waals surface area contributed by atoms with E-state index in [2.05, 4.69) is 153 Å². The number of halogens is 2. The van der Waals surface area contributed by atoms with E-state index in [-0.39, 0.29) is 0 Å². The van der Waals surface area contributed by atoms with E-state index in [4.69, 9.17) is 0 Å². The second kappa shape index (κ2) is 8.27. The summed E-state index contributed by atoms with van der Waals surface area (Å²) in [6.45, 7) is 0. The molecule has 0 saturated carbocycles. The van der Waals surface area contributed by atoms with Gasteiger partial charge in [0.05, 0.1) is 5.41 Å². The van der Waals surface area contributed by atoms with E-state index in [1.54, 1.807) is 0 Å². The summed E-state index contributed by atoms with van der Waals surface area (Å²) in [5.41, 5.74) is 12.7. The molecule has 2 aliphatic carbocycles. The Hall–Kier alpha value is -3.50. The van der Waals surface area contributed by atoms with Gasteiger partial charge in [-0.05, 0) is 86.0 Å². The van der Waals surface area contributed by atoms with Gasteiger partial charge in [-0.3, -0.25) is 0 Å². The Morgan fingerprint density at radius 3 is 1.70 bits per heavy atom. The van der Waals surface area contributed by atoms with Crippen molar-refractivity contribution in [2.24, 2.45) is 0 Å². The lowest BCUT2D eigenvalue weighted by molar-refractivity contribution is 0.782. The van der Waals surface area contributed by atoms with Crippen LogP contribution in [0.5, 0.6) is 0 Å². The average molecular weight is 656 g/mol. The predicted molar refractivity (Wildman–Crippen MR) is 176 cm³/mol. The highest BCUT2D eigenvalue weighted by Gasteiger charge is 2.51. The van der Waals surface area contributed by atoms with Crippen molar-refractivity contribution < 1.29 is 0 Å². The number of thiophene rings is 1. The Bertz CT molecular complexity index is 2130. The Balaban J connectivity index is 1.60. The topological polar surface area (TPSA) is 0 Å². The molecule has 9 rings (SSSR count).